The molecule has 10 heteroatoms. The lowest BCUT2D eigenvalue weighted by Gasteiger charge is -2.20. The fourth-order valence-corrected chi connectivity index (χ4v) is 1.72. The van der Waals surface area contributed by atoms with Gasteiger partial charge in [-0.05, 0) is 6.07 Å². The maximum absolute atomic E-state index is 13.7. The van der Waals surface area contributed by atoms with Crippen LogP contribution in [-0.4, -0.2) is 44.5 Å². The first-order chi connectivity index (χ1) is 8.37. The Morgan fingerprint density at radius 3 is 2.68 bits per heavy atom. The minimum Gasteiger partial charge on any atom is -0.394 e. The van der Waals surface area contributed by atoms with Gasteiger partial charge < -0.3 is 20.7 Å². The molecule has 1 aliphatic rings. The summed E-state index contributed by atoms with van der Waals surface area (Å²) < 4.78 is 32.7. The number of aliphatic hydroxyl groups is 2. The second-order valence-electron chi connectivity index (χ2n) is 3.87. The van der Waals surface area contributed by atoms with Gasteiger partial charge in [0.05, 0.1) is 6.61 Å². The molecule has 7 nitrogen and oxygen atoms in total. The summed E-state index contributed by atoms with van der Waals surface area (Å²) in [7, 11) is 0. The summed E-state index contributed by atoms with van der Waals surface area (Å²) in [5.74, 6) is -3.83. The number of nitrogens with two attached hydrogens (primary N) is 1. The standard InChI is InChI=1S/C9H11F2N3O4.ClH/c10-9(11)6(16)4(3-15)18-7(9)14-2-1-5(12)13-8(14)17;/h1-2,4,6-7,15-16H,3H2,(H2,12,13,17);1H/t4-,6?,7?;/m1./s1. The van der Waals surface area contributed by atoms with Crippen molar-refractivity contribution < 1.29 is 23.7 Å². The number of nitrogens with zero attached hydrogens (tertiary/aromatic N) is 2. The molecule has 1 fully saturated rings. The Hall–Kier alpha value is -1.29. The molecular formula is C9H12ClF2N3O4. The van der Waals surface area contributed by atoms with E-state index in [-0.39, 0.29) is 18.2 Å². The fourth-order valence-electron chi connectivity index (χ4n) is 1.72. The van der Waals surface area contributed by atoms with Crippen molar-refractivity contribution in [1.82, 2.24) is 9.55 Å². The maximum atomic E-state index is 13.7. The van der Waals surface area contributed by atoms with Crippen molar-refractivity contribution in [3.63, 3.8) is 0 Å². The Bertz CT molecular complexity index is 512. The molecule has 4 N–H and O–H groups in total. The van der Waals surface area contributed by atoms with E-state index in [1.54, 1.807) is 0 Å². The lowest BCUT2D eigenvalue weighted by molar-refractivity contribution is -0.140. The van der Waals surface area contributed by atoms with E-state index in [2.05, 4.69) is 4.98 Å². The van der Waals surface area contributed by atoms with Gasteiger partial charge in [0.15, 0.2) is 6.10 Å². The van der Waals surface area contributed by atoms with E-state index in [9.17, 15) is 18.7 Å². The molecule has 1 aromatic rings. The number of aliphatic hydroxyl groups excluding tert-OH is 2. The normalized spacial score (nSPS) is 28.9. The van der Waals surface area contributed by atoms with E-state index in [1.165, 1.54) is 0 Å². The number of halogens is 3. The average molecular weight is 300 g/mol. The predicted octanol–water partition coefficient (Wildman–Crippen LogP) is -0.867. The Balaban J connectivity index is 0.00000180. The molecule has 19 heavy (non-hydrogen) atoms. The summed E-state index contributed by atoms with van der Waals surface area (Å²) in [5, 5.41) is 18.1. The van der Waals surface area contributed by atoms with Gasteiger partial charge in [0, 0.05) is 6.20 Å². The van der Waals surface area contributed by atoms with Crippen molar-refractivity contribution in [2.24, 2.45) is 0 Å². The van der Waals surface area contributed by atoms with Crippen molar-refractivity contribution in [2.75, 3.05) is 12.3 Å². The monoisotopic (exact) mass is 299 g/mol. The molecule has 0 saturated carbocycles. The lowest BCUT2D eigenvalue weighted by atomic mass is 10.1. The molecule has 0 aliphatic carbocycles. The molecule has 0 spiro atoms. The minimum atomic E-state index is -3.71. The maximum Gasteiger partial charge on any atom is 0.351 e. The number of nitrogen functional groups attached to an aromatic ring is 1. The van der Waals surface area contributed by atoms with Crippen LogP contribution in [0.1, 0.15) is 6.23 Å². The minimum absolute atomic E-state index is 0. The molecule has 1 aliphatic heterocycles. The molecule has 0 amide bonds. The third kappa shape index (κ3) is 2.54. The van der Waals surface area contributed by atoms with Gasteiger partial charge in [-0.3, -0.25) is 4.57 Å². The second-order valence-corrected chi connectivity index (χ2v) is 3.87. The number of hydrogen-bond acceptors (Lipinski definition) is 6. The van der Waals surface area contributed by atoms with Gasteiger partial charge in [0.1, 0.15) is 11.9 Å². The first kappa shape index (κ1) is 15.8. The molecular weight excluding hydrogens is 288 g/mol. The predicted molar refractivity (Wildman–Crippen MR) is 62.1 cm³/mol. The van der Waals surface area contributed by atoms with Crippen molar-refractivity contribution in [3.8, 4) is 0 Å². The van der Waals surface area contributed by atoms with Gasteiger partial charge in [0.2, 0.25) is 6.23 Å². The van der Waals surface area contributed by atoms with Crippen LogP contribution < -0.4 is 11.4 Å². The summed E-state index contributed by atoms with van der Waals surface area (Å²) in [5.41, 5.74) is 4.21. The zero-order valence-electron chi connectivity index (χ0n) is 9.44. The molecule has 108 valence electrons. The lowest BCUT2D eigenvalue weighted by Crippen LogP contribution is -2.41. The molecule has 1 aromatic heterocycles. The van der Waals surface area contributed by atoms with Gasteiger partial charge in [-0.2, -0.15) is 13.8 Å². The molecule has 1 saturated heterocycles. The highest BCUT2D eigenvalue weighted by atomic mass is 35.5. The third-order valence-corrected chi connectivity index (χ3v) is 2.66. The van der Waals surface area contributed by atoms with E-state index >= 15 is 0 Å². The Labute approximate surface area is 112 Å². The van der Waals surface area contributed by atoms with Crippen molar-refractivity contribution in [2.45, 2.75) is 24.4 Å². The second kappa shape index (κ2) is 5.37. The first-order valence-corrected chi connectivity index (χ1v) is 5.04. The SMILES string of the molecule is Cl.Nc1ccn(C2O[C@H](CO)C(O)C2(F)F)c(=O)n1. The molecule has 0 radical (unpaired) electrons. The average Bonchev–Trinajstić information content (AvgIpc) is 2.52. The Kier molecular flexibility index (Phi) is 4.46. The van der Waals surface area contributed by atoms with Crippen LogP contribution in [0.4, 0.5) is 14.6 Å². The smallest absolute Gasteiger partial charge is 0.351 e. The number of alkyl halides is 2. The first-order valence-electron chi connectivity index (χ1n) is 5.04. The van der Waals surface area contributed by atoms with Crippen LogP contribution in [0.5, 0.6) is 0 Å². The van der Waals surface area contributed by atoms with Gasteiger partial charge >= 0.3 is 11.6 Å². The molecule has 0 aromatic carbocycles. The van der Waals surface area contributed by atoms with E-state index in [0.717, 1.165) is 12.3 Å². The number of anilines is 1. The summed E-state index contributed by atoms with van der Waals surface area (Å²) in [6.07, 6.45) is -4.69. The fraction of sp³-hybridized carbons (Fsp3) is 0.556. The van der Waals surface area contributed by atoms with Gasteiger partial charge in [0.25, 0.3) is 0 Å². The van der Waals surface area contributed by atoms with Crippen molar-refractivity contribution in [1.29, 1.82) is 0 Å². The largest absolute Gasteiger partial charge is 0.394 e. The number of rotatable bonds is 2. The van der Waals surface area contributed by atoms with Gasteiger partial charge in [-0.15, -0.1) is 12.4 Å². The molecule has 2 rings (SSSR count). The van der Waals surface area contributed by atoms with E-state index < -0.39 is 36.7 Å². The molecule has 0 bridgehead atoms. The van der Waals surface area contributed by atoms with Crippen LogP contribution >= 0.6 is 12.4 Å². The van der Waals surface area contributed by atoms with Crippen LogP contribution in [0.15, 0.2) is 17.1 Å². The van der Waals surface area contributed by atoms with Crippen molar-refractivity contribution >= 4 is 18.2 Å². The van der Waals surface area contributed by atoms with E-state index in [4.69, 9.17) is 15.6 Å². The Morgan fingerprint density at radius 1 is 1.58 bits per heavy atom. The number of aromatic nitrogens is 2. The van der Waals surface area contributed by atoms with Gasteiger partial charge in [-0.25, -0.2) is 4.79 Å². The van der Waals surface area contributed by atoms with Crippen molar-refractivity contribution in [3.05, 3.63) is 22.7 Å². The summed E-state index contributed by atoms with van der Waals surface area (Å²) >= 11 is 0. The Morgan fingerprint density at radius 2 is 2.21 bits per heavy atom. The highest BCUT2D eigenvalue weighted by Gasteiger charge is 2.59. The highest BCUT2D eigenvalue weighted by Crippen LogP contribution is 2.41. The van der Waals surface area contributed by atoms with E-state index in [1.807, 2.05) is 0 Å². The topological polar surface area (TPSA) is 111 Å². The van der Waals surface area contributed by atoms with Gasteiger partial charge in [-0.1, -0.05) is 0 Å². The molecule has 2 heterocycles. The summed E-state index contributed by atoms with van der Waals surface area (Å²) in [6, 6.07) is 1.15. The zero-order chi connectivity index (χ0) is 13.5. The van der Waals surface area contributed by atoms with E-state index in [0.29, 0.717) is 4.57 Å². The number of ether oxygens (including phenoxy) is 1. The summed E-state index contributed by atoms with van der Waals surface area (Å²) in [6.45, 7) is -0.787. The summed E-state index contributed by atoms with van der Waals surface area (Å²) in [4.78, 5) is 14.7. The zero-order valence-corrected chi connectivity index (χ0v) is 10.3. The highest BCUT2D eigenvalue weighted by molar-refractivity contribution is 5.85. The molecule has 3 atom stereocenters. The van der Waals surface area contributed by atoms with Crippen LogP contribution in [-0.2, 0) is 4.74 Å². The third-order valence-electron chi connectivity index (χ3n) is 2.66. The van der Waals surface area contributed by atoms with Crippen LogP contribution in [0.25, 0.3) is 0 Å². The quantitative estimate of drug-likeness (QED) is 0.655. The van der Waals surface area contributed by atoms with Crippen LogP contribution in [0.3, 0.4) is 0 Å². The van der Waals surface area contributed by atoms with Crippen LogP contribution in [0.2, 0.25) is 0 Å². The van der Waals surface area contributed by atoms with Crippen LogP contribution in [0, 0.1) is 0 Å². The number of hydrogen-bond donors (Lipinski definition) is 3. The molecule has 2 unspecified atom stereocenters.